The first-order valence-corrected chi connectivity index (χ1v) is 7.77. The average molecular weight is 312 g/mol. The Bertz CT molecular complexity index is 636. The molecule has 3 N–H and O–H groups in total. The van der Waals surface area contributed by atoms with Gasteiger partial charge in [-0.25, -0.2) is 4.79 Å². The minimum absolute atomic E-state index is 0.0997. The summed E-state index contributed by atoms with van der Waals surface area (Å²) in [4.78, 5) is 12.0. The van der Waals surface area contributed by atoms with E-state index >= 15 is 0 Å². The Balaban J connectivity index is 1.88. The summed E-state index contributed by atoms with van der Waals surface area (Å²) in [5, 5.41) is 16.1. The van der Waals surface area contributed by atoms with Crippen molar-refractivity contribution >= 4 is 6.03 Å². The Morgan fingerprint density at radius 2 is 1.74 bits per heavy atom. The number of carbonyl (C=O) groups is 1. The second-order valence-electron chi connectivity index (χ2n) is 6.10. The summed E-state index contributed by atoms with van der Waals surface area (Å²) >= 11 is 0. The quantitative estimate of drug-likeness (QED) is 0.793. The number of carbonyl (C=O) groups excluding carboxylic acids is 1. The summed E-state index contributed by atoms with van der Waals surface area (Å²) < 4.78 is 0. The number of aliphatic hydroxyl groups is 1. The van der Waals surface area contributed by atoms with Gasteiger partial charge in [0.25, 0.3) is 0 Å². The molecule has 0 fully saturated rings. The lowest BCUT2D eigenvalue weighted by atomic mass is 9.96. The lowest BCUT2D eigenvalue weighted by Crippen LogP contribution is -2.44. The lowest BCUT2D eigenvalue weighted by molar-refractivity contribution is 0.0593. The standard InChI is InChI=1S/C19H24N2O2/c1-14-9-11-16(12-10-14)15(2)21-18(22)20-13-19(3,23)17-7-5-4-6-8-17/h4-12,15,23H,13H2,1-3H3,(H2,20,21,22). The molecule has 0 heterocycles. The lowest BCUT2D eigenvalue weighted by Gasteiger charge is -2.25. The maximum absolute atomic E-state index is 12.0. The summed E-state index contributed by atoms with van der Waals surface area (Å²) in [6, 6.07) is 16.9. The van der Waals surface area contributed by atoms with Crippen molar-refractivity contribution in [2.45, 2.75) is 32.4 Å². The smallest absolute Gasteiger partial charge is 0.315 e. The Morgan fingerprint density at radius 3 is 2.35 bits per heavy atom. The Kier molecular flexibility index (Phi) is 5.40. The molecular weight excluding hydrogens is 288 g/mol. The molecule has 2 aromatic rings. The zero-order chi connectivity index (χ0) is 16.9. The maximum atomic E-state index is 12.0. The van der Waals surface area contributed by atoms with Crippen LogP contribution >= 0.6 is 0 Å². The molecule has 4 heteroatoms. The summed E-state index contributed by atoms with van der Waals surface area (Å²) in [6.07, 6.45) is 0. The molecule has 0 spiro atoms. The third kappa shape index (κ3) is 4.83. The highest BCUT2D eigenvalue weighted by Gasteiger charge is 2.23. The van der Waals surface area contributed by atoms with Gasteiger partial charge < -0.3 is 15.7 Å². The fourth-order valence-electron chi connectivity index (χ4n) is 2.34. The first-order valence-electron chi connectivity index (χ1n) is 7.77. The normalized spacial score (nSPS) is 14.6. The molecule has 2 amide bonds. The topological polar surface area (TPSA) is 61.4 Å². The Labute approximate surface area is 137 Å². The molecule has 0 aliphatic heterocycles. The molecule has 0 saturated heterocycles. The van der Waals surface area contributed by atoms with Crippen molar-refractivity contribution in [1.29, 1.82) is 0 Å². The number of hydrogen-bond donors (Lipinski definition) is 3. The van der Waals surface area contributed by atoms with Crippen molar-refractivity contribution in [2.75, 3.05) is 6.54 Å². The van der Waals surface area contributed by atoms with Crippen LogP contribution in [0.25, 0.3) is 0 Å². The van der Waals surface area contributed by atoms with Crippen LogP contribution in [-0.4, -0.2) is 17.7 Å². The van der Waals surface area contributed by atoms with E-state index in [1.165, 1.54) is 5.56 Å². The van der Waals surface area contributed by atoms with E-state index in [9.17, 15) is 9.90 Å². The van der Waals surface area contributed by atoms with Crippen LogP contribution in [-0.2, 0) is 5.60 Å². The molecule has 2 unspecified atom stereocenters. The molecule has 4 nitrogen and oxygen atoms in total. The third-order valence-electron chi connectivity index (χ3n) is 3.91. The minimum Gasteiger partial charge on any atom is -0.384 e. The molecule has 2 atom stereocenters. The van der Waals surface area contributed by atoms with Gasteiger partial charge in [0.15, 0.2) is 0 Å². The highest BCUT2D eigenvalue weighted by Crippen LogP contribution is 2.19. The van der Waals surface area contributed by atoms with E-state index in [1.54, 1.807) is 6.92 Å². The van der Waals surface area contributed by atoms with E-state index in [-0.39, 0.29) is 18.6 Å². The van der Waals surface area contributed by atoms with Crippen LogP contribution in [0.3, 0.4) is 0 Å². The van der Waals surface area contributed by atoms with E-state index in [1.807, 2.05) is 68.4 Å². The number of rotatable bonds is 5. The molecule has 122 valence electrons. The molecule has 2 aromatic carbocycles. The van der Waals surface area contributed by atoms with Crippen molar-refractivity contribution < 1.29 is 9.90 Å². The van der Waals surface area contributed by atoms with Gasteiger partial charge in [-0.3, -0.25) is 0 Å². The van der Waals surface area contributed by atoms with Crippen LogP contribution in [0.5, 0.6) is 0 Å². The third-order valence-corrected chi connectivity index (χ3v) is 3.91. The molecule has 0 aromatic heterocycles. The second kappa shape index (κ2) is 7.29. The predicted octanol–water partition coefficient (Wildman–Crippen LogP) is 3.26. The number of urea groups is 1. The zero-order valence-electron chi connectivity index (χ0n) is 13.8. The highest BCUT2D eigenvalue weighted by atomic mass is 16.3. The molecule has 23 heavy (non-hydrogen) atoms. The van der Waals surface area contributed by atoms with Crippen LogP contribution in [0.1, 0.15) is 36.6 Å². The van der Waals surface area contributed by atoms with Crippen LogP contribution in [0.15, 0.2) is 54.6 Å². The molecule has 2 rings (SSSR count). The minimum atomic E-state index is -1.11. The van der Waals surface area contributed by atoms with Gasteiger partial charge in [0.1, 0.15) is 5.60 Å². The number of amides is 2. The first kappa shape index (κ1) is 17.0. The summed E-state index contributed by atoms with van der Waals surface area (Å²) in [7, 11) is 0. The van der Waals surface area contributed by atoms with E-state index < -0.39 is 5.60 Å². The summed E-state index contributed by atoms with van der Waals surface area (Å²) in [5.41, 5.74) is 1.89. The number of aryl methyl sites for hydroxylation is 1. The van der Waals surface area contributed by atoms with Gasteiger partial charge >= 0.3 is 6.03 Å². The van der Waals surface area contributed by atoms with Crippen molar-refractivity contribution in [3.05, 3.63) is 71.3 Å². The van der Waals surface area contributed by atoms with Gasteiger partial charge in [-0.15, -0.1) is 0 Å². The highest BCUT2D eigenvalue weighted by molar-refractivity contribution is 5.74. The Hall–Kier alpha value is -2.33. The molecule has 0 bridgehead atoms. The van der Waals surface area contributed by atoms with Crippen LogP contribution in [0.4, 0.5) is 4.79 Å². The van der Waals surface area contributed by atoms with Crippen molar-refractivity contribution in [2.24, 2.45) is 0 Å². The first-order chi connectivity index (χ1) is 10.9. The molecule has 0 aliphatic carbocycles. The van der Waals surface area contributed by atoms with Crippen LogP contribution in [0, 0.1) is 6.92 Å². The van der Waals surface area contributed by atoms with E-state index in [0.29, 0.717) is 0 Å². The number of nitrogens with one attached hydrogen (secondary N) is 2. The fourth-order valence-corrected chi connectivity index (χ4v) is 2.34. The van der Waals surface area contributed by atoms with E-state index in [2.05, 4.69) is 10.6 Å². The van der Waals surface area contributed by atoms with Crippen molar-refractivity contribution in [1.82, 2.24) is 10.6 Å². The van der Waals surface area contributed by atoms with Gasteiger partial charge in [-0.1, -0.05) is 60.2 Å². The molecular formula is C19H24N2O2. The van der Waals surface area contributed by atoms with Gasteiger partial charge in [0.2, 0.25) is 0 Å². The number of benzene rings is 2. The zero-order valence-corrected chi connectivity index (χ0v) is 13.8. The average Bonchev–Trinajstić information content (AvgIpc) is 2.54. The van der Waals surface area contributed by atoms with Gasteiger partial charge in [-0.2, -0.15) is 0 Å². The predicted molar refractivity (Wildman–Crippen MR) is 92.1 cm³/mol. The fraction of sp³-hybridized carbons (Fsp3) is 0.316. The van der Waals surface area contributed by atoms with Gasteiger partial charge in [0.05, 0.1) is 12.6 Å². The van der Waals surface area contributed by atoms with Crippen LogP contribution < -0.4 is 10.6 Å². The second-order valence-corrected chi connectivity index (χ2v) is 6.10. The number of hydrogen-bond acceptors (Lipinski definition) is 2. The monoisotopic (exact) mass is 312 g/mol. The SMILES string of the molecule is Cc1ccc(C(C)NC(=O)NCC(C)(O)c2ccccc2)cc1. The summed E-state index contributed by atoms with van der Waals surface area (Å²) in [5.74, 6) is 0. The van der Waals surface area contributed by atoms with Gasteiger partial charge in [0, 0.05) is 0 Å². The molecule has 0 aliphatic rings. The summed E-state index contributed by atoms with van der Waals surface area (Å²) in [6.45, 7) is 5.79. The van der Waals surface area contributed by atoms with Crippen LogP contribution in [0.2, 0.25) is 0 Å². The van der Waals surface area contributed by atoms with Crippen molar-refractivity contribution in [3.63, 3.8) is 0 Å². The largest absolute Gasteiger partial charge is 0.384 e. The van der Waals surface area contributed by atoms with E-state index in [4.69, 9.17) is 0 Å². The van der Waals surface area contributed by atoms with Crippen molar-refractivity contribution in [3.8, 4) is 0 Å². The van der Waals surface area contributed by atoms with E-state index in [0.717, 1.165) is 11.1 Å². The Morgan fingerprint density at radius 1 is 1.13 bits per heavy atom. The molecule has 0 radical (unpaired) electrons. The molecule has 0 saturated carbocycles. The van der Waals surface area contributed by atoms with Gasteiger partial charge in [-0.05, 0) is 31.9 Å². The maximum Gasteiger partial charge on any atom is 0.315 e.